The van der Waals surface area contributed by atoms with Crippen molar-refractivity contribution in [3.63, 3.8) is 0 Å². The maximum atomic E-state index is 13.5. The first-order valence-corrected chi connectivity index (χ1v) is 5.15. The van der Waals surface area contributed by atoms with E-state index in [0.29, 0.717) is 0 Å². The Morgan fingerprint density at radius 3 is 2.44 bits per heavy atom. The molecule has 7 heteroatoms. The van der Waals surface area contributed by atoms with Gasteiger partial charge in [0.2, 0.25) is 0 Å². The molecule has 0 aliphatic heterocycles. The van der Waals surface area contributed by atoms with Crippen LogP contribution in [-0.2, 0) is 0 Å². The number of aliphatic hydroxyl groups excluding tert-OH is 2. The van der Waals surface area contributed by atoms with Gasteiger partial charge < -0.3 is 26.4 Å². The maximum absolute atomic E-state index is 13.5. The molecule has 0 saturated carbocycles. The number of hydrogen-bond acceptors (Lipinski definition) is 5. The number of aliphatic hydroxyl groups is 2. The van der Waals surface area contributed by atoms with Crippen molar-refractivity contribution in [1.82, 2.24) is 0 Å². The van der Waals surface area contributed by atoms with Crippen LogP contribution in [0.5, 0.6) is 0 Å². The molecule has 6 nitrogen and oxygen atoms in total. The molecular formula is C11H15FN2O4. The Morgan fingerprint density at radius 1 is 1.44 bits per heavy atom. The molecule has 0 fully saturated rings. The van der Waals surface area contributed by atoms with E-state index in [1.165, 1.54) is 6.92 Å². The summed E-state index contributed by atoms with van der Waals surface area (Å²) in [6.45, 7) is 0.714. The van der Waals surface area contributed by atoms with E-state index in [2.05, 4.69) is 5.32 Å². The van der Waals surface area contributed by atoms with Gasteiger partial charge in [0.1, 0.15) is 5.82 Å². The van der Waals surface area contributed by atoms with Gasteiger partial charge in [0, 0.05) is 0 Å². The Hall–Kier alpha value is -1.86. The molecule has 0 aromatic heterocycles. The second-order valence-electron chi connectivity index (χ2n) is 4.23. The monoisotopic (exact) mass is 258 g/mol. The van der Waals surface area contributed by atoms with Gasteiger partial charge in [-0.05, 0) is 19.1 Å². The summed E-state index contributed by atoms with van der Waals surface area (Å²) in [5.41, 5.74) is 4.11. The summed E-state index contributed by atoms with van der Waals surface area (Å²) in [5, 5.41) is 29.6. The van der Waals surface area contributed by atoms with Gasteiger partial charge in [-0.2, -0.15) is 0 Å². The normalized spacial score (nSPS) is 11.3. The average molecular weight is 258 g/mol. The molecule has 1 aromatic carbocycles. The standard InChI is InChI=1S/C11H15FN2O4/c1-11(4-15,5-16)14-9-3-7(12)6(10(17)18)2-8(9)13/h2-3,14-16H,4-5,13H2,1H3,(H,17,18). The second kappa shape index (κ2) is 5.19. The molecule has 0 spiro atoms. The average Bonchev–Trinajstić information content (AvgIpc) is 2.32. The van der Waals surface area contributed by atoms with Gasteiger partial charge in [0.25, 0.3) is 0 Å². The zero-order valence-corrected chi connectivity index (χ0v) is 9.77. The molecule has 0 saturated heterocycles. The number of aromatic carboxylic acids is 1. The lowest BCUT2D eigenvalue weighted by atomic mass is 10.0. The van der Waals surface area contributed by atoms with E-state index in [1.807, 2.05) is 0 Å². The number of carbonyl (C=O) groups is 1. The number of rotatable bonds is 5. The largest absolute Gasteiger partial charge is 0.478 e. The van der Waals surface area contributed by atoms with Crippen LogP contribution in [0, 0.1) is 5.82 Å². The number of halogens is 1. The summed E-state index contributed by atoms with van der Waals surface area (Å²) in [5.74, 6) is -2.37. The first-order chi connectivity index (χ1) is 8.33. The van der Waals surface area contributed by atoms with Crippen LogP contribution in [0.3, 0.4) is 0 Å². The zero-order valence-electron chi connectivity index (χ0n) is 9.77. The van der Waals surface area contributed by atoms with Gasteiger partial charge in [-0.3, -0.25) is 0 Å². The molecule has 0 unspecified atom stereocenters. The third kappa shape index (κ3) is 2.88. The molecule has 1 aromatic rings. The number of nitrogen functional groups attached to an aromatic ring is 1. The number of carboxylic acids is 1. The quantitative estimate of drug-likeness (QED) is 0.484. The van der Waals surface area contributed by atoms with Gasteiger partial charge in [-0.25, -0.2) is 9.18 Å². The van der Waals surface area contributed by atoms with Crippen molar-refractivity contribution < 1.29 is 24.5 Å². The molecule has 0 amide bonds. The minimum absolute atomic E-state index is 0.0157. The minimum Gasteiger partial charge on any atom is -0.478 e. The fourth-order valence-corrected chi connectivity index (χ4v) is 1.32. The van der Waals surface area contributed by atoms with Crippen molar-refractivity contribution in [1.29, 1.82) is 0 Å². The van der Waals surface area contributed by atoms with Crippen molar-refractivity contribution >= 4 is 17.3 Å². The van der Waals surface area contributed by atoms with Crippen molar-refractivity contribution in [2.45, 2.75) is 12.5 Å². The minimum atomic E-state index is -1.42. The Bertz CT molecular complexity index is 461. The predicted molar refractivity (Wildman–Crippen MR) is 64.0 cm³/mol. The van der Waals surface area contributed by atoms with Crippen LogP contribution >= 0.6 is 0 Å². The first-order valence-electron chi connectivity index (χ1n) is 5.15. The van der Waals surface area contributed by atoms with Crippen LogP contribution in [0.1, 0.15) is 17.3 Å². The lowest BCUT2D eigenvalue weighted by molar-refractivity contribution is 0.0692. The fourth-order valence-electron chi connectivity index (χ4n) is 1.32. The van der Waals surface area contributed by atoms with Crippen LogP contribution in [0.15, 0.2) is 12.1 Å². The SMILES string of the molecule is CC(CO)(CO)Nc1cc(F)c(C(=O)O)cc1N. The topological polar surface area (TPSA) is 116 Å². The van der Waals surface area contributed by atoms with Gasteiger partial charge in [0.05, 0.1) is 35.7 Å². The summed E-state index contributed by atoms with van der Waals surface area (Å²) >= 11 is 0. The van der Waals surface area contributed by atoms with Crippen molar-refractivity contribution in [3.8, 4) is 0 Å². The molecular weight excluding hydrogens is 243 g/mol. The lowest BCUT2D eigenvalue weighted by Gasteiger charge is -2.28. The Balaban J connectivity index is 3.12. The third-order valence-electron chi connectivity index (χ3n) is 2.50. The molecule has 18 heavy (non-hydrogen) atoms. The summed E-state index contributed by atoms with van der Waals surface area (Å²) in [6, 6.07) is 1.90. The molecule has 100 valence electrons. The van der Waals surface area contributed by atoms with Crippen LogP contribution in [0.2, 0.25) is 0 Å². The third-order valence-corrected chi connectivity index (χ3v) is 2.50. The summed E-state index contributed by atoms with van der Waals surface area (Å²) < 4.78 is 13.5. The number of carboxylic acid groups (broad SMARTS) is 1. The van der Waals surface area contributed by atoms with Gasteiger partial charge in [-0.15, -0.1) is 0 Å². The van der Waals surface area contributed by atoms with E-state index >= 15 is 0 Å². The van der Waals surface area contributed by atoms with Crippen molar-refractivity contribution in [2.75, 3.05) is 24.3 Å². The van der Waals surface area contributed by atoms with E-state index in [1.54, 1.807) is 0 Å². The van der Waals surface area contributed by atoms with Gasteiger partial charge >= 0.3 is 5.97 Å². The Kier molecular flexibility index (Phi) is 4.10. The maximum Gasteiger partial charge on any atom is 0.338 e. The fraction of sp³-hybridized carbons (Fsp3) is 0.364. The molecule has 0 aliphatic rings. The van der Waals surface area contributed by atoms with E-state index in [-0.39, 0.29) is 11.4 Å². The molecule has 1 rings (SSSR count). The summed E-state index contributed by atoms with van der Waals surface area (Å²) in [4.78, 5) is 10.7. The predicted octanol–water partition coefficient (Wildman–Crippen LogP) is 0.261. The van der Waals surface area contributed by atoms with Crippen LogP contribution in [0.25, 0.3) is 0 Å². The highest BCUT2D eigenvalue weighted by molar-refractivity contribution is 5.90. The van der Waals surface area contributed by atoms with Crippen LogP contribution in [0.4, 0.5) is 15.8 Å². The van der Waals surface area contributed by atoms with Crippen molar-refractivity contribution in [2.24, 2.45) is 0 Å². The molecule has 0 atom stereocenters. The highest BCUT2D eigenvalue weighted by Gasteiger charge is 2.24. The Morgan fingerprint density at radius 2 is 2.00 bits per heavy atom. The van der Waals surface area contributed by atoms with Crippen LogP contribution < -0.4 is 11.1 Å². The first kappa shape index (κ1) is 14.2. The number of hydrogen-bond donors (Lipinski definition) is 5. The lowest BCUT2D eigenvalue weighted by Crippen LogP contribution is -2.42. The molecule has 6 N–H and O–H groups in total. The van der Waals surface area contributed by atoms with Crippen molar-refractivity contribution in [3.05, 3.63) is 23.5 Å². The smallest absolute Gasteiger partial charge is 0.338 e. The van der Waals surface area contributed by atoms with E-state index in [0.717, 1.165) is 12.1 Å². The van der Waals surface area contributed by atoms with E-state index in [9.17, 15) is 9.18 Å². The molecule has 0 bridgehead atoms. The second-order valence-corrected chi connectivity index (χ2v) is 4.23. The van der Waals surface area contributed by atoms with Crippen LogP contribution in [-0.4, -0.2) is 40.0 Å². The summed E-state index contributed by atoms with van der Waals surface area (Å²) in [6.07, 6.45) is 0. The van der Waals surface area contributed by atoms with Gasteiger partial charge in [0.15, 0.2) is 0 Å². The highest BCUT2D eigenvalue weighted by atomic mass is 19.1. The molecule has 0 aliphatic carbocycles. The number of nitrogens with two attached hydrogens (primary N) is 1. The van der Waals surface area contributed by atoms with Gasteiger partial charge in [-0.1, -0.05) is 0 Å². The highest BCUT2D eigenvalue weighted by Crippen LogP contribution is 2.26. The van der Waals surface area contributed by atoms with E-state index < -0.39 is 36.1 Å². The zero-order chi connectivity index (χ0) is 13.9. The number of benzene rings is 1. The molecule has 0 radical (unpaired) electrons. The number of anilines is 2. The summed E-state index contributed by atoms with van der Waals surface area (Å²) in [7, 11) is 0. The molecule has 0 heterocycles. The Labute approximate surface area is 103 Å². The van der Waals surface area contributed by atoms with E-state index in [4.69, 9.17) is 21.1 Å². The number of nitrogens with one attached hydrogen (secondary N) is 1.